The third-order valence-corrected chi connectivity index (χ3v) is 9.80. The van der Waals surface area contributed by atoms with Crippen molar-refractivity contribution < 1.29 is 30.8 Å². The van der Waals surface area contributed by atoms with E-state index in [1.165, 1.54) is 48.2 Å². The molecule has 4 rings (SSSR count). The first-order valence-electron chi connectivity index (χ1n) is 11.3. The van der Waals surface area contributed by atoms with Gasteiger partial charge in [-0.15, -0.1) is 0 Å². The molecule has 2 aromatic carbocycles. The Hall–Kier alpha value is -2.92. The minimum Gasteiger partial charge on any atom is -0.327 e. The number of halogens is 1. The van der Waals surface area contributed by atoms with Gasteiger partial charge in [-0.25, -0.2) is 21.2 Å². The van der Waals surface area contributed by atoms with Gasteiger partial charge in [0.25, 0.3) is 0 Å². The molecule has 0 aliphatic carbocycles. The number of carbonyl (C=O) groups is 2. The molecule has 3 atom stereocenters. The van der Waals surface area contributed by atoms with Crippen molar-refractivity contribution in [3.05, 3.63) is 53.8 Å². The van der Waals surface area contributed by atoms with Gasteiger partial charge >= 0.3 is 0 Å². The van der Waals surface area contributed by atoms with Crippen molar-refractivity contribution in [2.75, 3.05) is 6.26 Å². The van der Waals surface area contributed by atoms with Crippen LogP contribution in [0.15, 0.2) is 57.2 Å². The van der Waals surface area contributed by atoms with E-state index in [9.17, 15) is 30.8 Å². The summed E-state index contributed by atoms with van der Waals surface area (Å²) in [6.07, 6.45) is 0.973. The van der Waals surface area contributed by atoms with Crippen LogP contribution in [-0.2, 0) is 35.8 Å². The number of amides is 1. The maximum Gasteiger partial charge on any atom is 0.239 e. The fourth-order valence-corrected chi connectivity index (χ4v) is 7.08. The van der Waals surface area contributed by atoms with Crippen LogP contribution in [0.25, 0.3) is 0 Å². The second-order valence-corrected chi connectivity index (χ2v) is 14.6. The largest absolute Gasteiger partial charge is 0.327 e. The number of ketones is 1. The highest BCUT2D eigenvalue weighted by Gasteiger charge is 2.56. The smallest absolute Gasteiger partial charge is 0.239 e. The molecule has 1 saturated heterocycles. The lowest BCUT2D eigenvalue weighted by Crippen LogP contribution is -2.44. The molecular weight excluding hydrogens is 507 g/mol. The van der Waals surface area contributed by atoms with Crippen LogP contribution in [0, 0.1) is 17.2 Å². The van der Waals surface area contributed by atoms with Crippen LogP contribution >= 0.6 is 0 Å². The topological polar surface area (TPSA) is 118 Å². The molecule has 8 nitrogen and oxygen atoms in total. The van der Waals surface area contributed by atoms with Crippen molar-refractivity contribution in [1.82, 2.24) is 4.90 Å². The SMILES string of the molecule is CC1C(C2C(=O)C(C(C)(C)C)N(Cc3ccc(F)cc3)C2=O)=Nc2ccc(S(C)(=O)=O)cc2S1(=O)=O. The molecule has 36 heavy (non-hydrogen) atoms. The van der Waals surface area contributed by atoms with E-state index in [4.69, 9.17) is 0 Å². The van der Waals surface area contributed by atoms with Crippen molar-refractivity contribution in [2.45, 2.75) is 55.3 Å². The monoisotopic (exact) mass is 534 g/mol. The van der Waals surface area contributed by atoms with Crippen LogP contribution in [-0.4, -0.2) is 56.7 Å². The number of nitrogens with zero attached hydrogens (tertiary/aromatic N) is 2. The molecule has 0 radical (unpaired) electrons. The van der Waals surface area contributed by atoms with Gasteiger partial charge in [-0.2, -0.15) is 0 Å². The number of likely N-dealkylation sites (tertiary alicyclic amines) is 1. The molecule has 0 N–H and O–H groups in total. The number of hydrogen-bond donors (Lipinski definition) is 0. The number of rotatable bonds is 4. The molecule has 2 aromatic rings. The molecular formula is C25H27FN2O6S2. The van der Waals surface area contributed by atoms with Gasteiger partial charge in [0.15, 0.2) is 25.5 Å². The molecule has 1 amide bonds. The first-order chi connectivity index (χ1) is 16.5. The number of sulfone groups is 2. The van der Waals surface area contributed by atoms with Gasteiger partial charge in [0, 0.05) is 12.8 Å². The Balaban J connectivity index is 1.82. The molecule has 3 unspecified atom stereocenters. The van der Waals surface area contributed by atoms with Crippen molar-refractivity contribution >= 4 is 42.8 Å². The predicted octanol–water partition coefficient (Wildman–Crippen LogP) is 3.12. The number of fused-ring (bicyclic) bond motifs is 1. The van der Waals surface area contributed by atoms with Gasteiger partial charge in [-0.3, -0.25) is 14.6 Å². The van der Waals surface area contributed by atoms with E-state index in [1.54, 1.807) is 0 Å². The molecule has 11 heteroatoms. The van der Waals surface area contributed by atoms with E-state index in [-0.39, 0.29) is 27.7 Å². The third kappa shape index (κ3) is 4.39. The summed E-state index contributed by atoms with van der Waals surface area (Å²) in [5.74, 6) is -2.85. The number of benzene rings is 2. The Labute approximate surface area is 210 Å². The van der Waals surface area contributed by atoms with E-state index < -0.39 is 59.8 Å². The van der Waals surface area contributed by atoms with Gasteiger partial charge in [-0.1, -0.05) is 32.9 Å². The van der Waals surface area contributed by atoms with Crippen LogP contribution in [0.1, 0.15) is 33.3 Å². The van der Waals surface area contributed by atoms with E-state index in [0.717, 1.165) is 12.3 Å². The standard InChI is InChI=1S/C25H27FN2O6S2/c1-14-21(27-18-11-10-17(35(5,31)32)12-19(18)36(14,33)34)20-22(29)23(25(2,3)4)28(24(20)30)13-15-6-8-16(26)9-7-15/h6-12,14,20,23H,13H2,1-5H3. The van der Waals surface area contributed by atoms with E-state index in [1.807, 2.05) is 20.8 Å². The first-order valence-corrected chi connectivity index (χ1v) is 14.7. The lowest BCUT2D eigenvalue weighted by atomic mass is 9.81. The molecule has 0 spiro atoms. The fourth-order valence-electron chi connectivity index (χ4n) is 4.77. The van der Waals surface area contributed by atoms with Crippen LogP contribution < -0.4 is 0 Å². The molecule has 2 aliphatic heterocycles. The minimum atomic E-state index is -4.13. The number of hydrogen-bond acceptors (Lipinski definition) is 7. The average molecular weight is 535 g/mol. The Morgan fingerprint density at radius 1 is 1.06 bits per heavy atom. The zero-order chi connectivity index (χ0) is 26.8. The molecule has 0 saturated carbocycles. The normalized spacial score (nSPS) is 24.0. The quantitative estimate of drug-likeness (QED) is 0.556. The van der Waals surface area contributed by atoms with Crippen LogP contribution in [0.3, 0.4) is 0 Å². The van der Waals surface area contributed by atoms with Crippen molar-refractivity contribution in [2.24, 2.45) is 16.3 Å². The first kappa shape index (κ1) is 26.2. The zero-order valence-electron chi connectivity index (χ0n) is 20.5. The van der Waals surface area contributed by atoms with Crippen LogP contribution in [0.4, 0.5) is 10.1 Å². The summed E-state index contributed by atoms with van der Waals surface area (Å²) < 4.78 is 64.1. The summed E-state index contributed by atoms with van der Waals surface area (Å²) >= 11 is 0. The summed E-state index contributed by atoms with van der Waals surface area (Å²) in [5.41, 5.74) is -0.139. The molecule has 1 fully saturated rings. The second-order valence-electron chi connectivity index (χ2n) is 10.3. The number of carbonyl (C=O) groups excluding carboxylic acids is 2. The van der Waals surface area contributed by atoms with Crippen LogP contribution in [0.5, 0.6) is 0 Å². The predicted molar refractivity (Wildman–Crippen MR) is 132 cm³/mol. The van der Waals surface area contributed by atoms with Gasteiger partial charge in [0.05, 0.1) is 27.2 Å². The Morgan fingerprint density at radius 3 is 2.22 bits per heavy atom. The van der Waals surface area contributed by atoms with Gasteiger partial charge in [0.1, 0.15) is 17.0 Å². The number of Topliss-reactive ketones (excluding diaryl/α,β-unsaturated/α-hetero) is 1. The van der Waals surface area contributed by atoms with Gasteiger partial charge in [0.2, 0.25) is 5.91 Å². The van der Waals surface area contributed by atoms with Gasteiger partial charge < -0.3 is 4.90 Å². The lowest BCUT2D eigenvalue weighted by Gasteiger charge is -2.33. The Kier molecular flexibility index (Phi) is 6.24. The summed E-state index contributed by atoms with van der Waals surface area (Å²) in [5, 5.41) is -1.32. The highest BCUT2D eigenvalue weighted by atomic mass is 32.2. The summed E-state index contributed by atoms with van der Waals surface area (Å²) in [6, 6.07) is 8.32. The average Bonchev–Trinajstić information content (AvgIpc) is 3.01. The maximum atomic E-state index is 13.7. The van der Waals surface area contributed by atoms with E-state index in [0.29, 0.717) is 5.56 Å². The van der Waals surface area contributed by atoms with E-state index in [2.05, 4.69) is 4.99 Å². The molecule has 0 aromatic heterocycles. The molecule has 2 heterocycles. The Morgan fingerprint density at radius 2 is 1.67 bits per heavy atom. The van der Waals surface area contributed by atoms with Crippen molar-refractivity contribution in [1.29, 1.82) is 0 Å². The zero-order valence-corrected chi connectivity index (χ0v) is 22.2. The summed E-state index contributed by atoms with van der Waals surface area (Å²) in [7, 11) is -7.80. The fraction of sp³-hybridized carbons (Fsp3) is 0.400. The third-order valence-electron chi connectivity index (χ3n) is 6.58. The van der Waals surface area contributed by atoms with Crippen LogP contribution in [0.2, 0.25) is 0 Å². The molecule has 0 bridgehead atoms. The maximum absolute atomic E-state index is 13.7. The summed E-state index contributed by atoms with van der Waals surface area (Å²) in [6.45, 7) is 6.83. The van der Waals surface area contributed by atoms with Crippen molar-refractivity contribution in [3.63, 3.8) is 0 Å². The van der Waals surface area contributed by atoms with Gasteiger partial charge in [-0.05, 0) is 48.2 Å². The molecule has 192 valence electrons. The highest BCUT2D eigenvalue weighted by molar-refractivity contribution is 7.93. The van der Waals surface area contributed by atoms with Crippen molar-refractivity contribution in [3.8, 4) is 0 Å². The summed E-state index contributed by atoms with van der Waals surface area (Å²) in [4.78, 5) is 32.8. The lowest BCUT2D eigenvalue weighted by molar-refractivity contribution is -0.132. The molecule has 2 aliphatic rings. The minimum absolute atomic E-state index is 0.0135. The highest BCUT2D eigenvalue weighted by Crippen LogP contribution is 2.41. The Bertz CT molecular complexity index is 1510. The second kappa shape index (κ2) is 8.58. The number of aliphatic imine (C=N–C) groups is 1. The van der Waals surface area contributed by atoms with E-state index >= 15 is 0 Å².